The lowest BCUT2D eigenvalue weighted by Crippen LogP contribution is -1.95. The van der Waals surface area contributed by atoms with Gasteiger partial charge in [0.05, 0.1) is 6.61 Å². The zero-order valence-electron chi connectivity index (χ0n) is 10.3. The molecule has 100 valence electrons. The quantitative estimate of drug-likeness (QED) is 0.797. The van der Waals surface area contributed by atoms with Crippen LogP contribution in [0, 0.1) is 0 Å². The van der Waals surface area contributed by atoms with E-state index in [-0.39, 0.29) is 4.21 Å². The molecule has 4 nitrogen and oxygen atoms in total. The normalized spacial score (nSPS) is 11.8. The summed E-state index contributed by atoms with van der Waals surface area (Å²) in [7, 11) is -3.58. The zero-order valence-corrected chi connectivity index (χ0v) is 11.9. The van der Waals surface area contributed by atoms with Crippen LogP contribution < -0.4 is 4.74 Å². The van der Waals surface area contributed by atoms with E-state index in [0.717, 1.165) is 17.1 Å². The highest BCUT2D eigenvalue weighted by Crippen LogP contribution is 2.18. The zero-order chi connectivity index (χ0) is 13.7. The molecule has 0 unspecified atom stereocenters. The molecule has 0 saturated heterocycles. The molecule has 2 aromatic rings. The van der Waals surface area contributed by atoms with Crippen molar-refractivity contribution in [1.82, 2.24) is 0 Å². The van der Waals surface area contributed by atoms with Crippen LogP contribution in [0.15, 0.2) is 50.4 Å². The van der Waals surface area contributed by atoms with Gasteiger partial charge in [0.1, 0.15) is 9.96 Å². The standard InChI is InChI=1S/C13H13NO3S2/c1-2-17-12-7-5-11(6-8-12)10-14-19(15,16)13-4-3-9-18-13/h3-10H,2H2,1H3/b14-10-. The van der Waals surface area contributed by atoms with Crippen LogP contribution in [0.3, 0.4) is 0 Å². The predicted molar refractivity (Wildman–Crippen MR) is 76.7 cm³/mol. The van der Waals surface area contributed by atoms with Gasteiger partial charge < -0.3 is 4.74 Å². The van der Waals surface area contributed by atoms with Crippen molar-refractivity contribution in [3.63, 3.8) is 0 Å². The van der Waals surface area contributed by atoms with Gasteiger partial charge in [-0.25, -0.2) is 0 Å². The Hall–Kier alpha value is -1.66. The first-order chi connectivity index (χ1) is 9.12. The maximum absolute atomic E-state index is 11.8. The summed E-state index contributed by atoms with van der Waals surface area (Å²) in [6.07, 6.45) is 1.34. The number of ether oxygens (including phenoxy) is 1. The first kappa shape index (κ1) is 13.8. The number of benzene rings is 1. The lowest BCUT2D eigenvalue weighted by atomic mass is 10.2. The fraction of sp³-hybridized carbons (Fsp3) is 0.154. The summed E-state index contributed by atoms with van der Waals surface area (Å²) in [4.78, 5) is 0. The van der Waals surface area contributed by atoms with Crippen LogP contribution in [-0.2, 0) is 10.0 Å². The summed E-state index contributed by atoms with van der Waals surface area (Å²) >= 11 is 1.15. The van der Waals surface area contributed by atoms with Crippen LogP contribution in [0.4, 0.5) is 0 Å². The molecule has 0 atom stereocenters. The van der Waals surface area contributed by atoms with Crippen molar-refractivity contribution in [3.8, 4) is 5.75 Å². The van der Waals surface area contributed by atoms with Gasteiger partial charge in [0.25, 0.3) is 10.0 Å². The number of thiophene rings is 1. The van der Waals surface area contributed by atoms with Crippen molar-refractivity contribution in [3.05, 3.63) is 47.3 Å². The summed E-state index contributed by atoms with van der Waals surface area (Å²) in [6, 6.07) is 10.3. The molecule has 0 spiro atoms. The van der Waals surface area contributed by atoms with Gasteiger partial charge in [-0.15, -0.1) is 11.3 Å². The van der Waals surface area contributed by atoms with Gasteiger partial charge in [0.2, 0.25) is 0 Å². The summed E-state index contributed by atoms with van der Waals surface area (Å²) in [5, 5.41) is 1.71. The molecule has 1 aromatic heterocycles. The van der Waals surface area contributed by atoms with Gasteiger partial charge in [0, 0.05) is 6.21 Å². The van der Waals surface area contributed by atoms with E-state index in [4.69, 9.17) is 4.74 Å². The molecule has 0 bridgehead atoms. The van der Waals surface area contributed by atoms with Gasteiger partial charge >= 0.3 is 0 Å². The predicted octanol–water partition coefficient (Wildman–Crippen LogP) is 2.95. The van der Waals surface area contributed by atoms with E-state index in [9.17, 15) is 8.42 Å². The van der Waals surface area contributed by atoms with Crippen LogP contribution >= 0.6 is 11.3 Å². The van der Waals surface area contributed by atoms with Crippen molar-refractivity contribution in [2.45, 2.75) is 11.1 Å². The minimum absolute atomic E-state index is 0.245. The molecule has 0 fully saturated rings. The van der Waals surface area contributed by atoms with E-state index in [2.05, 4.69) is 4.40 Å². The van der Waals surface area contributed by atoms with Gasteiger partial charge in [-0.05, 0) is 48.2 Å². The molecule has 1 aromatic carbocycles. The monoisotopic (exact) mass is 295 g/mol. The average molecular weight is 295 g/mol. The number of rotatable bonds is 5. The van der Waals surface area contributed by atoms with Crippen LogP contribution in [-0.4, -0.2) is 21.2 Å². The molecule has 2 rings (SSSR count). The first-order valence-electron chi connectivity index (χ1n) is 5.68. The Labute approximate surface area is 116 Å². The molecule has 0 aliphatic heterocycles. The Kier molecular flexibility index (Phi) is 4.34. The fourth-order valence-electron chi connectivity index (χ4n) is 1.41. The lowest BCUT2D eigenvalue weighted by molar-refractivity contribution is 0.340. The Balaban J connectivity index is 2.14. The first-order valence-corrected chi connectivity index (χ1v) is 8.00. The van der Waals surface area contributed by atoms with Gasteiger partial charge in [0.15, 0.2) is 0 Å². The Morgan fingerprint density at radius 3 is 2.58 bits per heavy atom. The van der Waals surface area contributed by atoms with Crippen molar-refractivity contribution in [2.24, 2.45) is 4.40 Å². The van der Waals surface area contributed by atoms with E-state index < -0.39 is 10.0 Å². The highest BCUT2D eigenvalue weighted by molar-refractivity contribution is 7.92. The molecule has 0 amide bonds. The van der Waals surface area contributed by atoms with Crippen LogP contribution in [0.5, 0.6) is 5.75 Å². The largest absolute Gasteiger partial charge is 0.494 e. The van der Waals surface area contributed by atoms with E-state index in [1.807, 2.05) is 6.92 Å². The third-order valence-corrected chi connectivity index (χ3v) is 4.89. The minimum atomic E-state index is -3.58. The SMILES string of the molecule is CCOc1ccc(/C=N\S(=O)(=O)c2cccs2)cc1. The van der Waals surface area contributed by atoms with Crippen molar-refractivity contribution >= 4 is 27.6 Å². The third-order valence-electron chi connectivity index (χ3n) is 2.28. The maximum atomic E-state index is 11.8. The highest BCUT2D eigenvalue weighted by Gasteiger charge is 2.11. The van der Waals surface area contributed by atoms with Crippen LogP contribution in [0.25, 0.3) is 0 Å². The smallest absolute Gasteiger partial charge is 0.291 e. The van der Waals surface area contributed by atoms with E-state index in [1.165, 1.54) is 12.3 Å². The second kappa shape index (κ2) is 5.99. The fourth-order valence-corrected chi connectivity index (χ4v) is 3.25. The number of hydrogen-bond donors (Lipinski definition) is 0. The molecular weight excluding hydrogens is 282 g/mol. The molecular formula is C13H13NO3S2. The van der Waals surface area contributed by atoms with Crippen molar-refractivity contribution in [1.29, 1.82) is 0 Å². The van der Waals surface area contributed by atoms with E-state index in [0.29, 0.717) is 12.2 Å². The van der Waals surface area contributed by atoms with Gasteiger partial charge in [-0.1, -0.05) is 6.07 Å². The molecule has 0 N–H and O–H groups in total. The minimum Gasteiger partial charge on any atom is -0.494 e. The van der Waals surface area contributed by atoms with Crippen LogP contribution in [0.2, 0.25) is 0 Å². The molecule has 6 heteroatoms. The van der Waals surface area contributed by atoms with Gasteiger partial charge in [-0.2, -0.15) is 12.8 Å². The molecule has 0 aliphatic rings. The van der Waals surface area contributed by atoms with E-state index >= 15 is 0 Å². The molecule has 19 heavy (non-hydrogen) atoms. The van der Waals surface area contributed by atoms with Gasteiger partial charge in [-0.3, -0.25) is 0 Å². The summed E-state index contributed by atoms with van der Waals surface area (Å²) in [6.45, 7) is 2.50. The summed E-state index contributed by atoms with van der Waals surface area (Å²) in [5.74, 6) is 0.751. The van der Waals surface area contributed by atoms with Crippen LogP contribution in [0.1, 0.15) is 12.5 Å². The Bertz CT molecular complexity index is 644. The molecule has 0 radical (unpaired) electrons. The Morgan fingerprint density at radius 2 is 2.00 bits per heavy atom. The lowest BCUT2D eigenvalue weighted by Gasteiger charge is -2.01. The summed E-state index contributed by atoms with van der Waals surface area (Å²) in [5.41, 5.74) is 0.712. The number of nitrogens with zero attached hydrogens (tertiary/aromatic N) is 1. The average Bonchev–Trinajstić information content (AvgIpc) is 2.93. The third kappa shape index (κ3) is 3.65. The molecule has 1 heterocycles. The second-order valence-electron chi connectivity index (χ2n) is 3.64. The molecule has 0 aliphatic carbocycles. The summed E-state index contributed by atoms with van der Waals surface area (Å²) < 4.78 is 32.9. The molecule has 0 saturated carbocycles. The van der Waals surface area contributed by atoms with Crippen molar-refractivity contribution < 1.29 is 13.2 Å². The topological polar surface area (TPSA) is 55.7 Å². The highest BCUT2D eigenvalue weighted by atomic mass is 32.2. The number of sulfonamides is 1. The van der Waals surface area contributed by atoms with Crippen molar-refractivity contribution in [2.75, 3.05) is 6.61 Å². The number of hydrogen-bond acceptors (Lipinski definition) is 4. The van der Waals surface area contributed by atoms with E-state index in [1.54, 1.807) is 35.7 Å². The maximum Gasteiger partial charge on any atom is 0.291 e. The second-order valence-corrected chi connectivity index (χ2v) is 6.45. The Morgan fingerprint density at radius 1 is 1.26 bits per heavy atom.